The molecule has 0 saturated carbocycles. The molecule has 136 valence electrons. The molecule has 1 aromatic heterocycles. The Hall–Kier alpha value is -2.11. The topological polar surface area (TPSA) is 43.7 Å². The van der Waals surface area contributed by atoms with Gasteiger partial charge in [0, 0.05) is 37.2 Å². The second kappa shape index (κ2) is 5.44. The highest BCUT2D eigenvalue weighted by Crippen LogP contribution is 2.55. The maximum Gasteiger partial charge on any atom is 0.360 e. The number of methoxy groups -OCH3 is 2. The van der Waals surface area contributed by atoms with E-state index in [2.05, 4.69) is 40.7 Å². The molecule has 5 nitrogen and oxygen atoms in total. The zero-order chi connectivity index (χ0) is 18.1. The van der Waals surface area contributed by atoms with Crippen LogP contribution in [-0.4, -0.2) is 42.7 Å². The van der Waals surface area contributed by atoms with Gasteiger partial charge in [-0.2, -0.15) is 0 Å². The summed E-state index contributed by atoms with van der Waals surface area (Å²) >= 11 is 0. The first-order valence-corrected chi connectivity index (χ1v) is 9.32. The number of para-hydroxylation sites is 1. The van der Waals surface area contributed by atoms with E-state index in [1.54, 1.807) is 7.11 Å². The summed E-state index contributed by atoms with van der Waals surface area (Å²) in [5.74, 6) is -0.328. The highest BCUT2D eigenvalue weighted by atomic mass is 16.6. The molecule has 5 heteroatoms. The third kappa shape index (κ3) is 1.70. The summed E-state index contributed by atoms with van der Waals surface area (Å²) < 4.78 is 13.6. The number of benzene rings is 1. The molecule has 26 heavy (non-hydrogen) atoms. The van der Waals surface area contributed by atoms with Gasteiger partial charge < -0.3 is 14.0 Å². The Labute approximate surface area is 153 Å². The van der Waals surface area contributed by atoms with Crippen molar-refractivity contribution in [1.82, 2.24) is 9.47 Å². The van der Waals surface area contributed by atoms with Crippen molar-refractivity contribution in [2.24, 2.45) is 5.92 Å². The van der Waals surface area contributed by atoms with Gasteiger partial charge in [0.2, 0.25) is 0 Å². The van der Waals surface area contributed by atoms with Gasteiger partial charge in [-0.25, -0.2) is 4.79 Å². The summed E-state index contributed by atoms with van der Waals surface area (Å²) in [5.41, 5.74) is 3.81. The Balaban J connectivity index is 1.93. The van der Waals surface area contributed by atoms with Crippen molar-refractivity contribution >= 4 is 16.9 Å². The molecule has 0 amide bonds. The van der Waals surface area contributed by atoms with Crippen molar-refractivity contribution in [1.29, 1.82) is 0 Å². The van der Waals surface area contributed by atoms with Gasteiger partial charge in [0.1, 0.15) is 0 Å². The minimum Gasteiger partial charge on any atom is -0.465 e. The average molecular weight is 352 g/mol. The Morgan fingerprint density at radius 2 is 2.12 bits per heavy atom. The number of carbonyl (C=O) groups is 1. The lowest BCUT2D eigenvalue weighted by molar-refractivity contribution is -0.198. The first-order chi connectivity index (χ1) is 12.7. The number of aromatic nitrogens is 1. The fourth-order valence-corrected chi connectivity index (χ4v) is 5.61. The van der Waals surface area contributed by atoms with Gasteiger partial charge >= 0.3 is 5.97 Å². The van der Waals surface area contributed by atoms with Crippen molar-refractivity contribution in [2.75, 3.05) is 27.3 Å². The number of carbonyl (C=O) groups excluding carboxylic acids is 1. The molecule has 3 unspecified atom stereocenters. The summed E-state index contributed by atoms with van der Waals surface area (Å²) in [4.78, 5) is 15.7. The predicted molar refractivity (Wildman–Crippen MR) is 98.8 cm³/mol. The number of ether oxygens (including phenoxy) is 2. The third-order valence-electron chi connectivity index (χ3n) is 6.68. The van der Waals surface area contributed by atoms with Crippen LogP contribution in [-0.2, 0) is 26.4 Å². The van der Waals surface area contributed by atoms with Crippen molar-refractivity contribution in [2.45, 2.75) is 31.5 Å². The van der Waals surface area contributed by atoms with Crippen LogP contribution >= 0.6 is 0 Å². The molecular formula is C21H24N2O3. The molecule has 3 aliphatic heterocycles. The van der Waals surface area contributed by atoms with Crippen LogP contribution in [0.15, 0.2) is 35.9 Å². The van der Waals surface area contributed by atoms with Gasteiger partial charge in [0.25, 0.3) is 5.72 Å². The number of rotatable bonds is 2. The number of fused-ring (bicyclic) bond motifs is 4. The summed E-state index contributed by atoms with van der Waals surface area (Å²) in [7, 11) is 3.10. The minimum atomic E-state index is -1.14. The first kappa shape index (κ1) is 16.1. The lowest BCUT2D eigenvalue weighted by Crippen LogP contribution is -2.60. The van der Waals surface area contributed by atoms with Gasteiger partial charge in [0.05, 0.1) is 18.7 Å². The Morgan fingerprint density at radius 3 is 2.85 bits per heavy atom. The number of hydrogen-bond donors (Lipinski definition) is 0. The van der Waals surface area contributed by atoms with Gasteiger partial charge in [0.15, 0.2) is 0 Å². The second-order valence-corrected chi connectivity index (χ2v) is 7.50. The maximum atomic E-state index is 13.2. The lowest BCUT2D eigenvalue weighted by Gasteiger charge is -2.54. The number of hydrogen-bond acceptors (Lipinski definition) is 4. The zero-order valence-corrected chi connectivity index (χ0v) is 15.5. The van der Waals surface area contributed by atoms with Crippen LogP contribution < -0.4 is 0 Å². The Kier molecular flexibility index (Phi) is 3.37. The molecule has 2 bridgehead atoms. The van der Waals surface area contributed by atoms with E-state index in [1.807, 2.05) is 6.07 Å². The average Bonchev–Trinajstić information content (AvgIpc) is 3.03. The predicted octanol–water partition coefficient (Wildman–Crippen LogP) is 2.99. The Bertz CT molecular complexity index is 944. The molecule has 0 radical (unpaired) electrons. The fraction of sp³-hybridized carbons (Fsp3) is 0.476. The van der Waals surface area contributed by atoms with Crippen LogP contribution in [0, 0.1) is 5.92 Å². The van der Waals surface area contributed by atoms with Crippen molar-refractivity contribution < 1.29 is 14.3 Å². The number of nitrogens with zero attached hydrogens (tertiary/aromatic N) is 2. The molecular weight excluding hydrogens is 328 g/mol. The monoisotopic (exact) mass is 352 g/mol. The molecule has 1 saturated heterocycles. The zero-order valence-electron chi connectivity index (χ0n) is 15.5. The van der Waals surface area contributed by atoms with E-state index >= 15 is 0 Å². The van der Waals surface area contributed by atoms with Gasteiger partial charge in [-0.05, 0) is 31.4 Å². The van der Waals surface area contributed by atoms with E-state index < -0.39 is 5.72 Å². The molecule has 0 N–H and O–H groups in total. The van der Waals surface area contributed by atoms with Crippen LogP contribution in [0.3, 0.4) is 0 Å². The number of esters is 1. The maximum absolute atomic E-state index is 13.2. The van der Waals surface area contributed by atoms with Crippen molar-refractivity contribution in [3.63, 3.8) is 0 Å². The van der Waals surface area contributed by atoms with E-state index in [9.17, 15) is 4.79 Å². The van der Waals surface area contributed by atoms with Crippen LogP contribution in [0.4, 0.5) is 0 Å². The highest BCUT2D eigenvalue weighted by Gasteiger charge is 2.60. The minimum absolute atomic E-state index is 0.0135. The quantitative estimate of drug-likeness (QED) is 0.616. The number of allylic oxidation sites excluding steroid dienone is 1. The van der Waals surface area contributed by atoms with Crippen LogP contribution in [0.25, 0.3) is 10.9 Å². The van der Waals surface area contributed by atoms with Gasteiger partial charge in [-0.15, -0.1) is 0 Å². The number of piperidine rings is 1. The Morgan fingerprint density at radius 1 is 1.31 bits per heavy atom. The highest BCUT2D eigenvalue weighted by molar-refractivity contribution is 5.90. The third-order valence-corrected chi connectivity index (χ3v) is 6.68. The molecule has 3 aliphatic rings. The standard InChI is InChI=1S/C21H24N2O3/c1-4-13-12-22-10-9-15-14-7-5-6-8-17(14)23-19(15)18(22)11-16(13)21(23,26-3)20(24)25-2/h4-8,16,18H,9-12H2,1-3H3. The molecule has 4 heterocycles. The van der Waals surface area contributed by atoms with Crippen molar-refractivity contribution in [3.8, 4) is 0 Å². The van der Waals surface area contributed by atoms with Crippen LogP contribution in [0.1, 0.15) is 30.6 Å². The van der Waals surface area contributed by atoms with E-state index in [0.717, 1.165) is 31.4 Å². The van der Waals surface area contributed by atoms with Crippen molar-refractivity contribution in [3.05, 3.63) is 47.2 Å². The smallest absolute Gasteiger partial charge is 0.360 e. The molecule has 0 aliphatic carbocycles. The van der Waals surface area contributed by atoms with E-state index in [-0.39, 0.29) is 11.9 Å². The largest absolute Gasteiger partial charge is 0.465 e. The second-order valence-electron chi connectivity index (χ2n) is 7.50. The fourth-order valence-electron chi connectivity index (χ4n) is 5.61. The molecule has 3 atom stereocenters. The summed E-state index contributed by atoms with van der Waals surface area (Å²) in [6.07, 6.45) is 4.05. The molecule has 2 aromatic rings. The molecule has 5 rings (SSSR count). The van der Waals surface area contributed by atoms with E-state index in [4.69, 9.17) is 9.47 Å². The summed E-state index contributed by atoms with van der Waals surface area (Å²) in [6.45, 7) is 4.02. The van der Waals surface area contributed by atoms with Gasteiger partial charge in [-0.1, -0.05) is 29.8 Å². The lowest BCUT2D eigenvalue weighted by atomic mass is 9.73. The molecule has 1 fully saturated rings. The molecule has 1 aromatic carbocycles. The summed E-state index contributed by atoms with van der Waals surface area (Å²) in [5, 5.41) is 1.24. The SMILES string of the molecule is CC=C1CN2CCc3c4n(c5ccccc35)C(OC)(C(=O)OC)C1CC42. The van der Waals surface area contributed by atoms with Crippen LogP contribution in [0.2, 0.25) is 0 Å². The van der Waals surface area contributed by atoms with E-state index in [0.29, 0.717) is 6.04 Å². The molecule has 0 spiro atoms. The normalized spacial score (nSPS) is 31.4. The summed E-state index contributed by atoms with van der Waals surface area (Å²) in [6, 6.07) is 8.73. The van der Waals surface area contributed by atoms with Crippen LogP contribution in [0.5, 0.6) is 0 Å². The van der Waals surface area contributed by atoms with E-state index in [1.165, 1.54) is 29.3 Å². The first-order valence-electron chi connectivity index (χ1n) is 9.32. The van der Waals surface area contributed by atoms with Gasteiger partial charge in [-0.3, -0.25) is 4.90 Å².